The fraction of sp³-hybridized carbons (Fsp3) is 0.231. The van der Waals surface area contributed by atoms with Crippen LogP contribution in [0.3, 0.4) is 0 Å². The third kappa shape index (κ3) is 3.62. The summed E-state index contributed by atoms with van der Waals surface area (Å²) >= 11 is 0. The van der Waals surface area contributed by atoms with Gasteiger partial charge in [-0.1, -0.05) is 30.3 Å². The molecule has 0 saturated carbocycles. The molecule has 1 heterocycles. The topological polar surface area (TPSA) is 59.0 Å². The number of nitrogens with one attached hydrogen (secondary N) is 2. The van der Waals surface area contributed by atoms with Crippen LogP contribution in [-0.4, -0.2) is 22.2 Å². The molecule has 2 rings (SSSR count). The van der Waals surface area contributed by atoms with E-state index in [0.29, 0.717) is 6.54 Å². The Bertz CT molecular complexity index is 507. The van der Waals surface area contributed by atoms with E-state index in [9.17, 15) is 4.79 Å². The maximum atomic E-state index is 11.6. The molecular formula is C13H16N4O. The van der Waals surface area contributed by atoms with E-state index in [4.69, 9.17) is 0 Å². The summed E-state index contributed by atoms with van der Waals surface area (Å²) in [7, 11) is 1.83. The average Bonchev–Trinajstić information content (AvgIpc) is 2.81. The molecular weight excluding hydrogens is 228 g/mol. The maximum Gasteiger partial charge on any atom is 0.239 e. The molecule has 5 heteroatoms. The molecule has 1 aromatic heterocycles. The first kappa shape index (κ1) is 12.2. The molecule has 0 bridgehead atoms. The zero-order valence-electron chi connectivity index (χ0n) is 10.3. The van der Waals surface area contributed by atoms with Gasteiger partial charge in [0.05, 0.1) is 18.4 Å². The molecule has 0 saturated heterocycles. The highest BCUT2D eigenvalue weighted by Crippen LogP contribution is 2.02. The van der Waals surface area contributed by atoms with E-state index in [1.807, 2.05) is 43.6 Å². The van der Waals surface area contributed by atoms with Gasteiger partial charge in [0.25, 0.3) is 0 Å². The summed E-state index contributed by atoms with van der Waals surface area (Å²) in [5.74, 6) is -0.0392. The largest absolute Gasteiger partial charge is 0.374 e. The van der Waals surface area contributed by atoms with Crippen molar-refractivity contribution in [1.82, 2.24) is 15.1 Å². The van der Waals surface area contributed by atoms with Gasteiger partial charge >= 0.3 is 0 Å². The molecule has 0 radical (unpaired) electrons. The lowest BCUT2D eigenvalue weighted by atomic mass is 10.2. The van der Waals surface area contributed by atoms with Crippen LogP contribution in [-0.2, 0) is 18.4 Å². The van der Waals surface area contributed by atoms with E-state index >= 15 is 0 Å². The Hall–Kier alpha value is -2.30. The number of nitrogens with zero attached hydrogens (tertiary/aromatic N) is 2. The van der Waals surface area contributed by atoms with Crippen LogP contribution < -0.4 is 10.6 Å². The number of anilines is 1. The van der Waals surface area contributed by atoms with E-state index in [0.717, 1.165) is 11.3 Å². The van der Waals surface area contributed by atoms with Crippen molar-refractivity contribution in [2.24, 2.45) is 7.05 Å². The second kappa shape index (κ2) is 5.86. The molecule has 0 aliphatic heterocycles. The monoisotopic (exact) mass is 244 g/mol. The molecule has 5 nitrogen and oxygen atoms in total. The minimum absolute atomic E-state index is 0.0392. The van der Waals surface area contributed by atoms with E-state index in [1.165, 1.54) is 0 Å². The Labute approximate surface area is 106 Å². The van der Waals surface area contributed by atoms with Gasteiger partial charge in [-0.15, -0.1) is 0 Å². The minimum Gasteiger partial charge on any atom is -0.374 e. The van der Waals surface area contributed by atoms with E-state index in [-0.39, 0.29) is 12.5 Å². The van der Waals surface area contributed by atoms with Crippen molar-refractivity contribution < 1.29 is 4.79 Å². The van der Waals surface area contributed by atoms with Gasteiger partial charge in [-0.25, -0.2) is 0 Å². The van der Waals surface area contributed by atoms with Crippen molar-refractivity contribution in [3.8, 4) is 0 Å². The van der Waals surface area contributed by atoms with Gasteiger partial charge in [0, 0.05) is 19.8 Å². The fourth-order valence-electron chi connectivity index (χ4n) is 1.55. The Morgan fingerprint density at radius 3 is 2.78 bits per heavy atom. The smallest absolute Gasteiger partial charge is 0.239 e. The van der Waals surface area contributed by atoms with Crippen LogP contribution >= 0.6 is 0 Å². The summed E-state index contributed by atoms with van der Waals surface area (Å²) in [6.45, 7) is 0.799. The van der Waals surface area contributed by atoms with Gasteiger partial charge in [0.2, 0.25) is 5.91 Å². The van der Waals surface area contributed by atoms with Crippen LogP contribution in [0.2, 0.25) is 0 Å². The number of aryl methyl sites for hydroxylation is 1. The molecule has 1 aromatic carbocycles. The van der Waals surface area contributed by atoms with Crippen molar-refractivity contribution in [1.29, 1.82) is 0 Å². The standard InChI is InChI=1S/C13H16N4O/c1-17-10-12(8-16-17)14-9-13(18)15-7-11-5-3-2-4-6-11/h2-6,8,10,14H,7,9H2,1H3,(H,15,18). The van der Waals surface area contributed by atoms with E-state index < -0.39 is 0 Å². The third-order valence-electron chi connectivity index (χ3n) is 2.49. The molecule has 2 N–H and O–H groups in total. The lowest BCUT2D eigenvalue weighted by molar-refractivity contribution is -0.119. The second-order valence-corrected chi connectivity index (χ2v) is 4.02. The van der Waals surface area contributed by atoms with Gasteiger partial charge in [0.15, 0.2) is 0 Å². The molecule has 0 aliphatic carbocycles. The Balaban J connectivity index is 1.73. The van der Waals surface area contributed by atoms with Gasteiger partial charge in [-0.2, -0.15) is 5.10 Å². The molecule has 0 spiro atoms. The number of carbonyl (C=O) groups is 1. The second-order valence-electron chi connectivity index (χ2n) is 4.02. The van der Waals surface area contributed by atoms with E-state index in [2.05, 4.69) is 15.7 Å². The molecule has 0 aliphatic rings. The Kier molecular flexibility index (Phi) is 3.96. The predicted octanol–water partition coefficient (Wildman–Crippen LogP) is 1.15. The van der Waals surface area contributed by atoms with Crippen molar-refractivity contribution in [3.05, 3.63) is 48.3 Å². The lowest BCUT2D eigenvalue weighted by Crippen LogP contribution is -2.29. The zero-order valence-corrected chi connectivity index (χ0v) is 10.3. The molecule has 1 amide bonds. The number of rotatable bonds is 5. The summed E-state index contributed by atoms with van der Waals surface area (Å²) < 4.78 is 1.68. The number of benzene rings is 1. The summed E-state index contributed by atoms with van der Waals surface area (Å²) in [6.07, 6.45) is 3.51. The highest BCUT2D eigenvalue weighted by molar-refractivity contribution is 5.80. The van der Waals surface area contributed by atoms with Crippen molar-refractivity contribution in [2.75, 3.05) is 11.9 Å². The highest BCUT2D eigenvalue weighted by Gasteiger charge is 2.01. The van der Waals surface area contributed by atoms with Crippen LogP contribution in [0.15, 0.2) is 42.7 Å². The van der Waals surface area contributed by atoms with Crippen LogP contribution in [0.25, 0.3) is 0 Å². The van der Waals surface area contributed by atoms with Crippen molar-refractivity contribution in [2.45, 2.75) is 6.54 Å². The first-order valence-electron chi connectivity index (χ1n) is 5.77. The summed E-state index contributed by atoms with van der Waals surface area (Å²) in [4.78, 5) is 11.6. The van der Waals surface area contributed by atoms with Gasteiger partial charge < -0.3 is 10.6 Å². The third-order valence-corrected chi connectivity index (χ3v) is 2.49. The van der Waals surface area contributed by atoms with E-state index in [1.54, 1.807) is 10.9 Å². The van der Waals surface area contributed by atoms with Gasteiger partial charge in [-0.3, -0.25) is 9.48 Å². The minimum atomic E-state index is -0.0392. The molecule has 0 unspecified atom stereocenters. The SMILES string of the molecule is Cn1cc(NCC(=O)NCc2ccccc2)cn1. The molecule has 94 valence electrons. The van der Waals surface area contributed by atoms with Crippen LogP contribution in [0.5, 0.6) is 0 Å². The Morgan fingerprint density at radius 1 is 1.33 bits per heavy atom. The summed E-state index contributed by atoms with van der Waals surface area (Å²) in [5.41, 5.74) is 1.93. The highest BCUT2D eigenvalue weighted by atomic mass is 16.1. The van der Waals surface area contributed by atoms with Gasteiger partial charge in [0.1, 0.15) is 0 Å². The quantitative estimate of drug-likeness (QED) is 0.829. The van der Waals surface area contributed by atoms with Crippen LogP contribution in [0, 0.1) is 0 Å². The first-order valence-corrected chi connectivity index (χ1v) is 5.77. The number of hydrogen-bond donors (Lipinski definition) is 2. The molecule has 0 fully saturated rings. The number of amides is 1. The van der Waals surface area contributed by atoms with Gasteiger partial charge in [-0.05, 0) is 5.56 Å². The van der Waals surface area contributed by atoms with Crippen LogP contribution in [0.1, 0.15) is 5.56 Å². The first-order chi connectivity index (χ1) is 8.74. The zero-order chi connectivity index (χ0) is 12.8. The average molecular weight is 244 g/mol. The molecule has 0 atom stereocenters. The number of carbonyl (C=O) groups excluding carboxylic acids is 1. The predicted molar refractivity (Wildman–Crippen MR) is 70.0 cm³/mol. The molecule has 2 aromatic rings. The fourth-order valence-corrected chi connectivity index (χ4v) is 1.55. The lowest BCUT2D eigenvalue weighted by Gasteiger charge is -2.06. The summed E-state index contributed by atoms with van der Waals surface area (Å²) in [5, 5.41) is 9.86. The molecule has 18 heavy (non-hydrogen) atoms. The normalized spacial score (nSPS) is 10.1. The van der Waals surface area contributed by atoms with Crippen molar-refractivity contribution in [3.63, 3.8) is 0 Å². The summed E-state index contributed by atoms with van der Waals surface area (Å²) in [6, 6.07) is 9.82. The Morgan fingerprint density at radius 2 is 2.11 bits per heavy atom. The number of aromatic nitrogens is 2. The number of hydrogen-bond acceptors (Lipinski definition) is 3. The van der Waals surface area contributed by atoms with Crippen LogP contribution in [0.4, 0.5) is 5.69 Å². The maximum absolute atomic E-state index is 11.6. The van der Waals surface area contributed by atoms with Crippen molar-refractivity contribution >= 4 is 11.6 Å².